The number of rotatable bonds is 4. The number of aromatic nitrogens is 2. The first-order valence-electron chi connectivity index (χ1n) is 7.88. The van der Waals surface area contributed by atoms with Crippen LogP contribution in [0.15, 0.2) is 52.6 Å². The fourth-order valence-electron chi connectivity index (χ4n) is 2.90. The lowest BCUT2D eigenvalue weighted by Crippen LogP contribution is -2.11. The summed E-state index contributed by atoms with van der Waals surface area (Å²) in [5.41, 5.74) is 2.17. The Morgan fingerprint density at radius 2 is 1.96 bits per heavy atom. The quantitative estimate of drug-likeness (QED) is 0.570. The Kier molecular flexibility index (Phi) is 4.04. The summed E-state index contributed by atoms with van der Waals surface area (Å²) in [6, 6.07) is 14.2. The van der Waals surface area contributed by atoms with E-state index >= 15 is 0 Å². The molecule has 0 radical (unpaired) electrons. The number of aryl methyl sites for hydroxylation is 1. The molecule has 5 heteroatoms. The van der Waals surface area contributed by atoms with E-state index in [0.29, 0.717) is 6.42 Å². The topological polar surface area (TPSA) is 45.8 Å². The Morgan fingerprint density at radius 1 is 1.12 bits per heavy atom. The smallest absolute Gasteiger partial charge is 0.260 e. The van der Waals surface area contributed by atoms with E-state index in [4.69, 9.17) is 4.98 Å². The van der Waals surface area contributed by atoms with Crippen LogP contribution < -0.4 is 5.56 Å². The normalized spacial score (nSPS) is 11.2. The van der Waals surface area contributed by atoms with Gasteiger partial charge in [0.2, 0.25) is 0 Å². The highest BCUT2D eigenvalue weighted by molar-refractivity contribution is 7.20. The Labute approximate surface area is 147 Å². The van der Waals surface area contributed by atoms with Gasteiger partial charge in [0, 0.05) is 21.7 Å². The summed E-state index contributed by atoms with van der Waals surface area (Å²) in [6.07, 6.45) is 1.54. The van der Waals surface area contributed by atoms with Gasteiger partial charge in [-0.2, -0.15) is 0 Å². The molecule has 4 rings (SSSR count). The minimum absolute atomic E-state index is 0.0368. The predicted molar refractivity (Wildman–Crippen MR) is 102 cm³/mol. The number of hydrogen-bond acceptors (Lipinski definition) is 4. The second-order valence-corrected chi connectivity index (χ2v) is 7.62. The van der Waals surface area contributed by atoms with Crippen LogP contribution in [0.3, 0.4) is 0 Å². The second kappa shape index (κ2) is 6.34. The molecule has 0 saturated carbocycles. The Bertz CT molecular complexity index is 1030. The first kappa shape index (κ1) is 15.3. The van der Waals surface area contributed by atoms with Gasteiger partial charge in [-0.15, -0.1) is 22.7 Å². The van der Waals surface area contributed by atoms with Crippen LogP contribution in [0.1, 0.15) is 23.2 Å². The maximum atomic E-state index is 12.8. The first-order valence-corrected chi connectivity index (χ1v) is 9.58. The second-order valence-electron chi connectivity index (χ2n) is 5.59. The highest BCUT2D eigenvalue weighted by atomic mass is 32.1. The Hall–Kier alpha value is -2.24. The number of aromatic amines is 1. The summed E-state index contributed by atoms with van der Waals surface area (Å²) >= 11 is 3.30. The molecule has 0 aliphatic rings. The molecule has 0 fully saturated rings. The van der Waals surface area contributed by atoms with Crippen LogP contribution in [0.4, 0.5) is 0 Å². The molecule has 24 heavy (non-hydrogen) atoms. The third kappa shape index (κ3) is 2.70. The highest BCUT2D eigenvalue weighted by Crippen LogP contribution is 2.38. The minimum atomic E-state index is -0.0368. The van der Waals surface area contributed by atoms with Crippen molar-refractivity contribution in [2.45, 2.75) is 19.8 Å². The standard InChI is InChI=1S/C19H16N2OS2/c1-2-13-16(14-9-6-10-23-14)17-18(22)20-15(21-19(17)24-13)11-12-7-4-3-5-8-12/h3-10H,2,11H2,1H3,(H,20,21,22). The molecule has 3 heterocycles. The number of nitrogens with one attached hydrogen (secondary N) is 1. The fourth-order valence-corrected chi connectivity index (χ4v) is 4.91. The summed E-state index contributed by atoms with van der Waals surface area (Å²) in [4.78, 5) is 23.7. The summed E-state index contributed by atoms with van der Waals surface area (Å²) in [5.74, 6) is 0.723. The van der Waals surface area contributed by atoms with Crippen LogP contribution in [0.5, 0.6) is 0 Å². The van der Waals surface area contributed by atoms with E-state index in [1.165, 1.54) is 4.88 Å². The number of hydrogen-bond donors (Lipinski definition) is 1. The van der Waals surface area contributed by atoms with Gasteiger partial charge in [-0.05, 0) is 23.4 Å². The number of thiophene rings is 2. The SMILES string of the molecule is CCc1sc2nc(Cc3ccccc3)[nH]c(=O)c2c1-c1cccs1. The molecule has 3 nitrogen and oxygen atoms in total. The van der Waals surface area contributed by atoms with E-state index in [1.807, 2.05) is 41.8 Å². The van der Waals surface area contributed by atoms with Crippen molar-refractivity contribution < 1.29 is 0 Å². The zero-order chi connectivity index (χ0) is 16.5. The molecule has 0 aliphatic carbocycles. The van der Waals surface area contributed by atoms with Crippen molar-refractivity contribution in [3.63, 3.8) is 0 Å². The first-order chi connectivity index (χ1) is 11.8. The van der Waals surface area contributed by atoms with Gasteiger partial charge in [0.25, 0.3) is 5.56 Å². The Balaban J connectivity index is 1.87. The molecule has 1 N–H and O–H groups in total. The van der Waals surface area contributed by atoms with Gasteiger partial charge in [0.15, 0.2) is 0 Å². The molecular weight excluding hydrogens is 336 g/mol. The molecule has 1 aromatic carbocycles. The molecule has 0 unspecified atom stereocenters. The molecule has 120 valence electrons. The third-order valence-corrected chi connectivity index (χ3v) is 6.10. The van der Waals surface area contributed by atoms with Crippen molar-refractivity contribution in [3.8, 4) is 10.4 Å². The molecule has 0 bridgehead atoms. The van der Waals surface area contributed by atoms with Gasteiger partial charge in [-0.3, -0.25) is 4.79 Å². The number of benzene rings is 1. The van der Waals surface area contributed by atoms with E-state index in [0.717, 1.165) is 38.5 Å². The fraction of sp³-hybridized carbons (Fsp3) is 0.158. The van der Waals surface area contributed by atoms with Gasteiger partial charge >= 0.3 is 0 Å². The zero-order valence-corrected chi connectivity index (χ0v) is 14.8. The summed E-state index contributed by atoms with van der Waals surface area (Å²) in [7, 11) is 0. The average Bonchev–Trinajstić information content (AvgIpc) is 3.22. The molecule has 0 atom stereocenters. The lowest BCUT2D eigenvalue weighted by atomic mass is 10.1. The lowest BCUT2D eigenvalue weighted by Gasteiger charge is -2.02. The number of H-pyrrole nitrogens is 1. The molecule has 0 spiro atoms. The van der Waals surface area contributed by atoms with Gasteiger partial charge in [0.05, 0.1) is 5.39 Å². The maximum Gasteiger partial charge on any atom is 0.260 e. The molecule has 4 aromatic rings. The van der Waals surface area contributed by atoms with Crippen molar-refractivity contribution in [1.29, 1.82) is 0 Å². The van der Waals surface area contributed by atoms with Gasteiger partial charge in [-0.25, -0.2) is 4.98 Å². The van der Waals surface area contributed by atoms with Crippen molar-refractivity contribution >= 4 is 32.9 Å². The number of fused-ring (bicyclic) bond motifs is 1. The number of nitrogens with zero attached hydrogens (tertiary/aromatic N) is 1. The Morgan fingerprint density at radius 3 is 2.67 bits per heavy atom. The van der Waals surface area contributed by atoms with Crippen LogP contribution in [0.25, 0.3) is 20.7 Å². The monoisotopic (exact) mass is 352 g/mol. The minimum Gasteiger partial charge on any atom is -0.310 e. The van der Waals surface area contributed by atoms with E-state index < -0.39 is 0 Å². The molecule has 0 aliphatic heterocycles. The lowest BCUT2D eigenvalue weighted by molar-refractivity contribution is 0.977. The largest absolute Gasteiger partial charge is 0.310 e. The van der Waals surface area contributed by atoms with E-state index in [-0.39, 0.29) is 5.56 Å². The van der Waals surface area contributed by atoms with Crippen LogP contribution >= 0.6 is 22.7 Å². The van der Waals surface area contributed by atoms with Gasteiger partial charge in [0.1, 0.15) is 10.7 Å². The zero-order valence-electron chi connectivity index (χ0n) is 13.2. The van der Waals surface area contributed by atoms with Crippen LogP contribution in [-0.4, -0.2) is 9.97 Å². The molecule has 3 aromatic heterocycles. The summed E-state index contributed by atoms with van der Waals surface area (Å²) in [5, 5.41) is 2.78. The molecule has 0 amide bonds. The van der Waals surface area contributed by atoms with E-state index in [9.17, 15) is 4.79 Å². The van der Waals surface area contributed by atoms with Crippen LogP contribution in [0, 0.1) is 0 Å². The van der Waals surface area contributed by atoms with Crippen molar-refractivity contribution in [2.24, 2.45) is 0 Å². The van der Waals surface area contributed by atoms with Crippen LogP contribution in [0.2, 0.25) is 0 Å². The molecule has 0 saturated heterocycles. The third-order valence-electron chi connectivity index (χ3n) is 3.99. The summed E-state index contributed by atoms with van der Waals surface area (Å²) < 4.78 is 0. The van der Waals surface area contributed by atoms with Gasteiger partial charge in [-0.1, -0.05) is 43.3 Å². The molecular formula is C19H16N2OS2. The maximum absolute atomic E-state index is 12.8. The van der Waals surface area contributed by atoms with E-state index in [1.54, 1.807) is 22.7 Å². The summed E-state index contributed by atoms with van der Waals surface area (Å²) in [6.45, 7) is 2.13. The van der Waals surface area contributed by atoms with Gasteiger partial charge < -0.3 is 4.98 Å². The van der Waals surface area contributed by atoms with Crippen molar-refractivity contribution in [3.05, 3.63) is 74.5 Å². The predicted octanol–water partition coefficient (Wildman–Crippen LogP) is 4.87. The van der Waals surface area contributed by atoms with E-state index in [2.05, 4.69) is 18.0 Å². The van der Waals surface area contributed by atoms with Crippen molar-refractivity contribution in [1.82, 2.24) is 9.97 Å². The van der Waals surface area contributed by atoms with Crippen LogP contribution in [-0.2, 0) is 12.8 Å². The van der Waals surface area contributed by atoms with Crippen molar-refractivity contribution in [2.75, 3.05) is 0 Å². The highest BCUT2D eigenvalue weighted by Gasteiger charge is 2.18. The average molecular weight is 352 g/mol.